The molecular weight excluding hydrogens is 414 g/mol. The first-order valence-corrected chi connectivity index (χ1v) is 10.4. The lowest BCUT2D eigenvalue weighted by Crippen LogP contribution is -2.05. The van der Waals surface area contributed by atoms with Crippen LogP contribution >= 0.6 is 11.6 Å². The van der Waals surface area contributed by atoms with Gasteiger partial charge in [-0.05, 0) is 66.9 Å². The molecule has 3 rings (SSSR count). The summed E-state index contributed by atoms with van der Waals surface area (Å²) >= 11 is 6.50. The van der Waals surface area contributed by atoms with Crippen molar-refractivity contribution in [3.8, 4) is 11.5 Å². The second-order valence-electron chi connectivity index (χ2n) is 6.98. The Balaban J connectivity index is 1.67. The molecule has 162 valence electrons. The average Bonchev–Trinajstić information content (AvgIpc) is 2.78. The van der Waals surface area contributed by atoms with Crippen molar-refractivity contribution in [1.29, 1.82) is 0 Å². The fraction of sp³-hybridized carbons (Fsp3) is 0.240. The quantitative estimate of drug-likeness (QED) is 0.413. The highest BCUT2D eigenvalue weighted by atomic mass is 35.5. The Kier molecular flexibility index (Phi) is 7.79. The third-order valence-corrected chi connectivity index (χ3v) is 5.10. The molecule has 0 spiro atoms. The van der Waals surface area contributed by atoms with Crippen molar-refractivity contribution < 1.29 is 19.0 Å². The van der Waals surface area contributed by atoms with Crippen LogP contribution in [0.1, 0.15) is 34.0 Å². The molecule has 0 aromatic heterocycles. The van der Waals surface area contributed by atoms with Gasteiger partial charge in [0, 0.05) is 12.2 Å². The van der Waals surface area contributed by atoms with Crippen LogP contribution < -0.4 is 14.8 Å². The number of carbonyl (C=O) groups excluding carboxylic acids is 1. The van der Waals surface area contributed by atoms with Crippen molar-refractivity contribution >= 4 is 23.3 Å². The van der Waals surface area contributed by atoms with Crippen LogP contribution in [0.3, 0.4) is 0 Å². The summed E-state index contributed by atoms with van der Waals surface area (Å²) in [6.45, 7) is 5.13. The average molecular weight is 440 g/mol. The molecule has 3 aromatic carbocycles. The van der Waals surface area contributed by atoms with E-state index in [2.05, 4.69) is 5.32 Å². The topological polar surface area (TPSA) is 56.8 Å². The Labute approximate surface area is 187 Å². The van der Waals surface area contributed by atoms with E-state index >= 15 is 0 Å². The molecule has 6 heteroatoms. The number of aryl methyl sites for hydroxylation is 1. The predicted octanol–water partition coefficient (Wildman–Crippen LogP) is 6.02. The number of halogens is 1. The number of hydrogen-bond donors (Lipinski definition) is 1. The summed E-state index contributed by atoms with van der Waals surface area (Å²) < 4.78 is 16.5. The van der Waals surface area contributed by atoms with E-state index in [1.807, 2.05) is 55.5 Å². The van der Waals surface area contributed by atoms with E-state index in [0.29, 0.717) is 41.8 Å². The van der Waals surface area contributed by atoms with Gasteiger partial charge in [0.2, 0.25) is 0 Å². The largest absolute Gasteiger partial charge is 0.493 e. The smallest absolute Gasteiger partial charge is 0.338 e. The Hall–Kier alpha value is -3.18. The zero-order valence-electron chi connectivity index (χ0n) is 17.9. The third kappa shape index (κ3) is 5.92. The van der Waals surface area contributed by atoms with E-state index in [-0.39, 0.29) is 5.97 Å². The number of carbonyl (C=O) groups is 1. The fourth-order valence-electron chi connectivity index (χ4n) is 3.08. The normalized spacial score (nSPS) is 10.5. The van der Waals surface area contributed by atoms with Gasteiger partial charge < -0.3 is 19.5 Å². The summed E-state index contributed by atoms with van der Waals surface area (Å²) in [6, 6.07) is 19.0. The van der Waals surface area contributed by atoms with Crippen LogP contribution in [0, 0.1) is 6.92 Å². The second-order valence-corrected chi connectivity index (χ2v) is 7.38. The van der Waals surface area contributed by atoms with Crippen molar-refractivity contribution in [2.75, 3.05) is 19.0 Å². The number of anilines is 1. The molecule has 0 amide bonds. The van der Waals surface area contributed by atoms with Crippen LogP contribution in [-0.4, -0.2) is 19.7 Å². The minimum Gasteiger partial charge on any atom is -0.493 e. The Morgan fingerprint density at radius 2 is 1.81 bits per heavy atom. The van der Waals surface area contributed by atoms with Crippen LogP contribution in [0.5, 0.6) is 11.5 Å². The van der Waals surface area contributed by atoms with Gasteiger partial charge in [-0.1, -0.05) is 35.9 Å². The van der Waals surface area contributed by atoms with Crippen molar-refractivity contribution in [3.63, 3.8) is 0 Å². The second kappa shape index (κ2) is 10.7. The molecule has 0 unspecified atom stereocenters. The molecule has 0 aliphatic carbocycles. The van der Waals surface area contributed by atoms with Crippen molar-refractivity contribution in [3.05, 3.63) is 87.9 Å². The number of methoxy groups -OCH3 is 1. The molecule has 31 heavy (non-hydrogen) atoms. The van der Waals surface area contributed by atoms with E-state index in [9.17, 15) is 4.79 Å². The first-order valence-electron chi connectivity index (χ1n) is 10.1. The third-order valence-electron chi connectivity index (χ3n) is 4.82. The van der Waals surface area contributed by atoms with Gasteiger partial charge in [-0.15, -0.1) is 0 Å². The van der Waals surface area contributed by atoms with Gasteiger partial charge in [-0.2, -0.15) is 0 Å². The summed E-state index contributed by atoms with van der Waals surface area (Å²) in [5.74, 6) is 0.775. The Bertz CT molecular complexity index is 1030. The van der Waals surface area contributed by atoms with Crippen LogP contribution in [0.15, 0.2) is 60.7 Å². The van der Waals surface area contributed by atoms with E-state index < -0.39 is 0 Å². The first-order chi connectivity index (χ1) is 15.0. The number of hydrogen-bond acceptors (Lipinski definition) is 5. The molecule has 0 saturated carbocycles. The number of nitrogens with one attached hydrogen (secondary N) is 1. The van der Waals surface area contributed by atoms with Crippen LogP contribution in [0.2, 0.25) is 5.02 Å². The number of esters is 1. The van der Waals surface area contributed by atoms with Gasteiger partial charge in [0.1, 0.15) is 6.61 Å². The summed E-state index contributed by atoms with van der Waals surface area (Å²) in [7, 11) is 1.59. The summed E-state index contributed by atoms with van der Waals surface area (Å²) in [5, 5.41) is 3.80. The minimum absolute atomic E-state index is 0.327. The summed E-state index contributed by atoms with van der Waals surface area (Å²) in [5.41, 5.74) is 4.60. The van der Waals surface area contributed by atoms with Crippen LogP contribution in [0.25, 0.3) is 0 Å². The highest BCUT2D eigenvalue weighted by Gasteiger charge is 2.13. The van der Waals surface area contributed by atoms with E-state index in [1.54, 1.807) is 26.2 Å². The van der Waals surface area contributed by atoms with Crippen LogP contribution in [0.4, 0.5) is 5.69 Å². The zero-order valence-corrected chi connectivity index (χ0v) is 18.7. The molecule has 0 radical (unpaired) electrons. The van der Waals surface area contributed by atoms with Gasteiger partial charge >= 0.3 is 5.97 Å². The summed E-state index contributed by atoms with van der Waals surface area (Å²) in [4.78, 5) is 11.8. The molecule has 0 heterocycles. The number of benzene rings is 3. The minimum atomic E-state index is -0.327. The Morgan fingerprint density at radius 1 is 1.06 bits per heavy atom. The monoisotopic (exact) mass is 439 g/mol. The molecule has 0 saturated heterocycles. The molecule has 1 N–H and O–H groups in total. The summed E-state index contributed by atoms with van der Waals surface area (Å²) in [6.07, 6.45) is 0. The van der Waals surface area contributed by atoms with Crippen molar-refractivity contribution in [1.82, 2.24) is 0 Å². The predicted molar refractivity (Wildman–Crippen MR) is 123 cm³/mol. The van der Waals surface area contributed by atoms with Gasteiger partial charge in [-0.25, -0.2) is 4.79 Å². The van der Waals surface area contributed by atoms with E-state index in [0.717, 1.165) is 22.4 Å². The maximum absolute atomic E-state index is 11.8. The molecule has 0 bridgehead atoms. The Morgan fingerprint density at radius 3 is 2.48 bits per heavy atom. The lowest BCUT2D eigenvalue weighted by molar-refractivity contribution is 0.0526. The molecular formula is C25H26ClNO4. The number of rotatable bonds is 9. The van der Waals surface area contributed by atoms with Gasteiger partial charge in [0.15, 0.2) is 11.5 Å². The maximum atomic E-state index is 11.8. The number of ether oxygens (including phenoxy) is 3. The van der Waals surface area contributed by atoms with Gasteiger partial charge in [0.25, 0.3) is 0 Å². The highest BCUT2D eigenvalue weighted by molar-refractivity contribution is 6.32. The molecule has 0 atom stereocenters. The molecule has 0 aliphatic rings. The van der Waals surface area contributed by atoms with E-state index in [1.165, 1.54) is 0 Å². The van der Waals surface area contributed by atoms with E-state index in [4.69, 9.17) is 25.8 Å². The SMILES string of the molecule is CCOC(=O)c1ccc(NCc2cc(Cl)c(OCc3ccccc3C)c(OC)c2)cc1. The van der Waals surface area contributed by atoms with Crippen molar-refractivity contribution in [2.45, 2.75) is 27.0 Å². The van der Waals surface area contributed by atoms with Crippen LogP contribution in [-0.2, 0) is 17.9 Å². The zero-order chi connectivity index (χ0) is 22.2. The molecule has 3 aromatic rings. The maximum Gasteiger partial charge on any atom is 0.338 e. The molecule has 0 fully saturated rings. The van der Waals surface area contributed by atoms with Gasteiger partial charge in [-0.3, -0.25) is 0 Å². The molecule has 5 nitrogen and oxygen atoms in total. The fourth-order valence-corrected chi connectivity index (χ4v) is 3.37. The van der Waals surface area contributed by atoms with Crippen molar-refractivity contribution in [2.24, 2.45) is 0 Å². The highest BCUT2D eigenvalue weighted by Crippen LogP contribution is 2.37. The lowest BCUT2D eigenvalue weighted by Gasteiger charge is -2.16. The molecule has 0 aliphatic heterocycles. The first kappa shape index (κ1) is 22.5. The standard InChI is InChI=1S/C25H26ClNO4/c1-4-30-25(28)19-9-11-21(12-10-19)27-15-18-13-22(26)24(23(14-18)29-3)31-16-20-8-6-5-7-17(20)2/h5-14,27H,4,15-16H2,1-3H3. The van der Waals surface area contributed by atoms with Gasteiger partial charge in [0.05, 0.1) is 24.3 Å². The lowest BCUT2D eigenvalue weighted by atomic mass is 10.1.